The van der Waals surface area contributed by atoms with Gasteiger partial charge in [0.15, 0.2) is 0 Å². The van der Waals surface area contributed by atoms with Gasteiger partial charge in [0.2, 0.25) is 5.91 Å². The second-order valence-corrected chi connectivity index (χ2v) is 8.72. The Morgan fingerprint density at radius 1 is 0.824 bits per heavy atom. The Morgan fingerprint density at radius 2 is 1.59 bits per heavy atom. The smallest absolute Gasteiger partial charge is 0.251 e. The second kappa shape index (κ2) is 10.0. The summed E-state index contributed by atoms with van der Waals surface area (Å²) in [6, 6.07) is 23.9. The summed E-state index contributed by atoms with van der Waals surface area (Å²) < 4.78 is 0. The Labute approximate surface area is 199 Å². The SMILES string of the molecule is O=C(NCCC(=O)N1CCN(Cc2cccc3cccnc23)CC1)c1ccc2ccccc2c1. The van der Waals surface area contributed by atoms with Crippen LogP contribution in [0.25, 0.3) is 21.7 Å². The van der Waals surface area contributed by atoms with Crippen LogP contribution in [0.4, 0.5) is 0 Å². The number of aromatic nitrogens is 1. The van der Waals surface area contributed by atoms with Crippen LogP contribution in [-0.4, -0.2) is 59.3 Å². The third-order valence-electron chi connectivity index (χ3n) is 6.47. The molecule has 0 bridgehead atoms. The largest absolute Gasteiger partial charge is 0.352 e. The highest BCUT2D eigenvalue weighted by Crippen LogP contribution is 2.19. The van der Waals surface area contributed by atoms with E-state index in [0.29, 0.717) is 31.6 Å². The number of nitrogens with one attached hydrogen (secondary N) is 1. The molecule has 1 aromatic heterocycles. The Balaban J connectivity index is 1.09. The molecule has 5 rings (SSSR count). The van der Waals surface area contributed by atoms with Gasteiger partial charge in [-0.2, -0.15) is 0 Å². The molecule has 0 aliphatic carbocycles. The van der Waals surface area contributed by atoms with Gasteiger partial charge in [-0.3, -0.25) is 19.5 Å². The summed E-state index contributed by atoms with van der Waals surface area (Å²) in [4.78, 5) is 34.0. The molecule has 6 nitrogen and oxygen atoms in total. The van der Waals surface area contributed by atoms with Crippen molar-refractivity contribution in [1.29, 1.82) is 0 Å². The van der Waals surface area contributed by atoms with Gasteiger partial charge in [0.25, 0.3) is 5.91 Å². The molecule has 2 amide bonds. The fourth-order valence-electron chi connectivity index (χ4n) is 4.56. The van der Waals surface area contributed by atoms with Crippen molar-refractivity contribution in [2.75, 3.05) is 32.7 Å². The van der Waals surface area contributed by atoms with E-state index < -0.39 is 0 Å². The molecule has 1 fully saturated rings. The van der Waals surface area contributed by atoms with Crippen LogP contribution >= 0.6 is 0 Å². The first-order chi connectivity index (χ1) is 16.7. The van der Waals surface area contributed by atoms with Crippen molar-refractivity contribution in [2.24, 2.45) is 0 Å². The monoisotopic (exact) mass is 452 g/mol. The molecule has 1 aliphatic rings. The van der Waals surface area contributed by atoms with E-state index in [1.807, 2.05) is 59.6 Å². The minimum Gasteiger partial charge on any atom is -0.352 e. The summed E-state index contributed by atoms with van der Waals surface area (Å²) in [5.74, 6) is -0.0580. The van der Waals surface area contributed by atoms with Crippen molar-refractivity contribution in [1.82, 2.24) is 20.1 Å². The van der Waals surface area contributed by atoms with Crippen LogP contribution in [0.5, 0.6) is 0 Å². The first-order valence-electron chi connectivity index (χ1n) is 11.8. The number of amides is 2. The highest BCUT2D eigenvalue weighted by atomic mass is 16.2. The lowest BCUT2D eigenvalue weighted by Gasteiger charge is -2.35. The zero-order chi connectivity index (χ0) is 23.3. The quantitative estimate of drug-likeness (QED) is 0.483. The standard InChI is InChI=1S/C28H28N4O2/c33-26(12-14-30-28(34)24-11-10-21-5-1-2-6-23(21)19-24)32-17-15-31(16-18-32)20-25-8-3-7-22-9-4-13-29-27(22)25/h1-11,13,19H,12,14-18,20H2,(H,30,34). The van der Waals surface area contributed by atoms with E-state index in [4.69, 9.17) is 0 Å². The minimum absolute atomic E-state index is 0.0882. The molecule has 0 saturated carbocycles. The van der Waals surface area contributed by atoms with E-state index in [-0.39, 0.29) is 11.8 Å². The molecule has 3 aromatic carbocycles. The van der Waals surface area contributed by atoms with E-state index in [1.165, 1.54) is 5.56 Å². The summed E-state index contributed by atoms with van der Waals surface area (Å²) in [5.41, 5.74) is 2.88. The number of benzene rings is 3. The first kappa shape index (κ1) is 22.0. The van der Waals surface area contributed by atoms with Gasteiger partial charge in [-0.05, 0) is 34.5 Å². The first-order valence-corrected chi connectivity index (χ1v) is 11.8. The summed E-state index contributed by atoms with van der Waals surface area (Å²) in [6.45, 7) is 4.24. The Morgan fingerprint density at radius 3 is 2.44 bits per heavy atom. The van der Waals surface area contributed by atoms with E-state index in [0.717, 1.165) is 41.3 Å². The molecular weight excluding hydrogens is 424 g/mol. The second-order valence-electron chi connectivity index (χ2n) is 8.72. The van der Waals surface area contributed by atoms with E-state index in [1.54, 1.807) is 0 Å². The van der Waals surface area contributed by atoms with Gasteiger partial charge in [-0.15, -0.1) is 0 Å². The number of hydrogen-bond acceptors (Lipinski definition) is 4. The average molecular weight is 453 g/mol. The fraction of sp³-hybridized carbons (Fsp3) is 0.250. The predicted molar refractivity (Wildman–Crippen MR) is 134 cm³/mol. The van der Waals surface area contributed by atoms with Gasteiger partial charge in [0, 0.05) is 62.8 Å². The number of pyridine rings is 1. The molecule has 0 radical (unpaired) electrons. The molecular formula is C28H28N4O2. The molecule has 34 heavy (non-hydrogen) atoms. The Bertz CT molecular complexity index is 1320. The lowest BCUT2D eigenvalue weighted by atomic mass is 10.1. The van der Waals surface area contributed by atoms with Gasteiger partial charge in [0.05, 0.1) is 5.52 Å². The fourth-order valence-corrected chi connectivity index (χ4v) is 4.56. The lowest BCUT2D eigenvalue weighted by molar-refractivity contribution is -0.132. The highest BCUT2D eigenvalue weighted by Gasteiger charge is 2.21. The van der Waals surface area contributed by atoms with Crippen LogP contribution in [0.2, 0.25) is 0 Å². The Kier molecular flexibility index (Phi) is 6.49. The maximum Gasteiger partial charge on any atom is 0.251 e. The molecule has 1 N–H and O–H groups in total. The van der Waals surface area contributed by atoms with Crippen molar-refractivity contribution in [3.8, 4) is 0 Å². The number of carbonyl (C=O) groups excluding carboxylic acids is 2. The van der Waals surface area contributed by atoms with Crippen LogP contribution in [0.3, 0.4) is 0 Å². The van der Waals surface area contributed by atoms with Crippen LogP contribution < -0.4 is 5.32 Å². The van der Waals surface area contributed by atoms with Crippen molar-refractivity contribution in [3.05, 3.63) is 90.1 Å². The molecule has 0 spiro atoms. The minimum atomic E-state index is -0.146. The average Bonchev–Trinajstić information content (AvgIpc) is 2.89. The normalized spacial score (nSPS) is 14.4. The van der Waals surface area contributed by atoms with Crippen LogP contribution in [-0.2, 0) is 11.3 Å². The maximum absolute atomic E-state index is 12.7. The zero-order valence-corrected chi connectivity index (χ0v) is 19.1. The van der Waals surface area contributed by atoms with Gasteiger partial charge >= 0.3 is 0 Å². The summed E-state index contributed by atoms with van der Waals surface area (Å²) >= 11 is 0. The maximum atomic E-state index is 12.7. The third-order valence-corrected chi connectivity index (χ3v) is 6.47. The molecule has 2 heterocycles. The lowest BCUT2D eigenvalue weighted by Crippen LogP contribution is -2.48. The summed E-state index contributed by atoms with van der Waals surface area (Å²) in [7, 11) is 0. The topological polar surface area (TPSA) is 65.5 Å². The molecule has 4 aromatic rings. The van der Waals surface area contributed by atoms with Gasteiger partial charge < -0.3 is 10.2 Å². The van der Waals surface area contributed by atoms with E-state index in [2.05, 4.69) is 39.5 Å². The number of hydrogen-bond donors (Lipinski definition) is 1. The van der Waals surface area contributed by atoms with Gasteiger partial charge in [-0.1, -0.05) is 54.6 Å². The van der Waals surface area contributed by atoms with Crippen LogP contribution in [0.1, 0.15) is 22.3 Å². The number of piperazine rings is 1. The highest BCUT2D eigenvalue weighted by molar-refractivity contribution is 5.98. The van der Waals surface area contributed by atoms with E-state index >= 15 is 0 Å². The predicted octanol–water partition coefficient (Wildman–Crippen LogP) is 3.85. The number of rotatable bonds is 6. The summed E-state index contributed by atoms with van der Waals surface area (Å²) in [6.07, 6.45) is 2.15. The number of para-hydroxylation sites is 1. The molecule has 1 aliphatic heterocycles. The zero-order valence-electron chi connectivity index (χ0n) is 19.1. The number of nitrogens with zero attached hydrogens (tertiary/aromatic N) is 3. The van der Waals surface area contributed by atoms with Crippen molar-refractivity contribution in [2.45, 2.75) is 13.0 Å². The molecule has 172 valence electrons. The van der Waals surface area contributed by atoms with Crippen LogP contribution in [0, 0.1) is 0 Å². The molecule has 0 atom stereocenters. The number of carbonyl (C=O) groups is 2. The van der Waals surface area contributed by atoms with Crippen LogP contribution in [0.15, 0.2) is 79.0 Å². The van der Waals surface area contributed by atoms with Gasteiger partial charge in [-0.25, -0.2) is 0 Å². The molecule has 0 unspecified atom stereocenters. The Hall–Kier alpha value is -3.77. The van der Waals surface area contributed by atoms with E-state index in [9.17, 15) is 9.59 Å². The van der Waals surface area contributed by atoms with Crippen molar-refractivity contribution >= 4 is 33.5 Å². The molecule has 1 saturated heterocycles. The number of fused-ring (bicyclic) bond motifs is 2. The third kappa shape index (κ3) is 4.92. The van der Waals surface area contributed by atoms with Crippen molar-refractivity contribution < 1.29 is 9.59 Å². The summed E-state index contributed by atoms with van der Waals surface area (Å²) in [5, 5.41) is 6.17. The van der Waals surface area contributed by atoms with Crippen molar-refractivity contribution in [3.63, 3.8) is 0 Å². The van der Waals surface area contributed by atoms with Gasteiger partial charge in [0.1, 0.15) is 0 Å². The molecule has 6 heteroatoms.